The summed E-state index contributed by atoms with van der Waals surface area (Å²) in [6.07, 6.45) is 0.411. The zero-order valence-corrected chi connectivity index (χ0v) is 12.2. The normalized spacial score (nSPS) is 17.4. The van der Waals surface area contributed by atoms with E-state index in [0.29, 0.717) is 6.42 Å². The average Bonchev–Trinajstić information content (AvgIpc) is 2.85. The quantitative estimate of drug-likeness (QED) is 0.923. The van der Waals surface area contributed by atoms with Crippen LogP contribution in [-0.2, 0) is 20.2 Å². The van der Waals surface area contributed by atoms with E-state index in [4.69, 9.17) is 0 Å². The summed E-state index contributed by atoms with van der Waals surface area (Å²) in [7, 11) is 0. The maximum Gasteiger partial charge on any atom is 0.349 e. The highest BCUT2D eigenvalue weighted by atomic mass is 32.2. The number of aryl methyl sites for hydroxylation is 1. The van der Waals surface area contributed by atoms with Crippen molar-refractivity contribution in [2.45, 2.75) is 23.8 Å². The van der Waals surface area contributed by atoms with E-state index in [1.807, 2.05) is 23.5 Å². The van der Waals surface area contributed by atoms with Gasteiger partial charge in [0, 0.05) is 16.0 Å². The maximum atomic E-state index is 11.7. The van der Waals surface area contributed by atoms with Crippen LogP contribution in [0.3, 0.4) is 0 Å². The summed E-state index contributed by atoms with van der Waals surface area (Å²) in [5.74, 6) is 1.46. The molecule has 0 unspecified atom stereocenters. The second-order valence-corrected chi connectivity index (χ2v) is 7.72. The van der Waals surface area contributed by atoms with Gasteiger partial charge in [0.1, 0.15) is 5.75 Å². The maximum absolute atomic E-state index is 11.7. The Bertz CT molecular complexity index is 473. The molecule has 0 amide bonds. The lowest BCUT2D eigenvalue weighted by Crippen LogP contribution is -2.13. The van der Waals surface area contributed by atoms with Gasteiger partial charge in [0.2, 0.25) is 0 Å². The van der Waals surface area contributed by atoms with Crippen molar-refractivity contribution in [1.29, 1.82) is 0 Å². The summed E-state index contributed by atoms with van der Waals surface area (Å²) in [5.41, 5.74) is 1.96. The minimum Gasteiger partial charge on any atom is -0.508 e. The van der Waals surface area contributed by atoms with Crippen LogP contribution in [0.4, 0.5) is 4.53 Å². The van der Waals surface area contributed by atoms with Gasteiger partial charge in [-0.05, 0) is 36.6 Å². The fraction of sp³-hybridized carbons (Fsp3) is 0.462. The average molecular weight is 302 g/mol. The first-order chi connectivity index (χ1) is 9.05. The van der Waals surface area contributed by atoms with Gasteiger partial charge in [0.15, 0.2) is 0 Å². The van der Waals surface area contributed by atoms with Crippen molar-refractivity contribution in [3.8, 4) is 5.75 Å². The smallest absolute Gasteiger partial charge is 0.349 e. The lowest BCUT2D eigenvalue weighted by Gasteiger charge is -2.25. The Balaban J connectivity index is 2.25. The first-order valence-electron chi connectivity index (χ1n) is 5.97. The molecule has 1 fully saturated rings. The molecule has 1 heterocycles. The molecule has 1 aliphatic rings. The number of halogens is 1. The third-order valence-electron chi connectivity index (χ3n) is 3.11. The predicted molar refractivity (Wildman–Crippen MR) is 75.9 cm³/mol. The first kappa shape index (κ1) is 14.5. The van der Waals surface area contributed by atoms with Crippen LogP contribution in [0.15, 0.2) is 18.2 Å². The van der Waals surface area contributed by atoms with Crippen molar-refractivity contribution >= 4 is 29.5 Å². The third-order valence-corrected chi connectivity index (χ3v) is 6.43. The van der Waals surface area contributed by atoms with Gasteiger partial charge in [0.25, 0.3) is 0 Å². The van der Waals surface area contributed by atoms with E-state index in [1.54, 1.807) is 18.2 Å². The van der Waals surface area contributed by atoms with Crippen LogP contribution in [0.1, 0.15) is 24.5 Å². The van der Waals surface area contributed by atoms with Gasteiger partial charge in [-0.25, -0.2) is 4.79 Å². The van der Waals surface area contributed by atoms with Crippen LogP contribution in [0.2, 0.25) is 0 Å². The SMILES string of the molecule is CC1(c2cc(O)ccc2CCC(=O)OF)SCCS1. The minimum absolute atomic E-state index is 0.000309. The number of phenols is 1. The molecule has 1 aromatic carbocycles. The monoisotopic (exact) mass is 302 g/mol. The summed E-state index contributed by atoms with van der Waals surface area (Å²) in [6, 6.07) is 5.12. The van der Waals surface area contributed by atoms with Gasteiger partial charge >= 0.3 is 5.97 Å². The largest absolute Gasteiger partial charge is 0.508 e. The molecule has 0 radical (unpaired) electrons. The number of hydrogen-bond acceptors (Lipinski definition) is 5. The zero-order valence-electron chi connectivity index (χ0n) is 10.5. The second kappa shape index (κ2) is 6.05. The number of carbonyl (C=O) groups excluding carboxylic acids is 1. The van der Waals surface area contributed by atoms with Crippen molar-refractivity contribution in [1.82, 2.24) is 0 Å². The van der Waals surface area contributed by atoms with E-state index in [1.165, 1.54) is 0 Å². The van der Waals surface area contributed by atoms with Crippen molar-refractivity contribution in [2.24, 2.45) is 0 Å². The molecule has 0 spiro atoms. The topological polar surface area (TPSA) is 46.5 Å². The van der Waals surface area contributed by atoms with E-state index in [0.717, 1.165) is 22.6 Å². The van der Waals surface area contributed by atoms with E-state index in [2.05, 4.69) is 11.9 Å². The Hall–Kier alpha value is -0.880. The zero-order chi connectivity index (χ0) is 13.9. The van der Waals surface area contributed by atoms with Crippen LogP contribution in [-0.4, -0.2) is 22.6 Å². The molecule has 6 heteroatoms. The Labute approximate surface area is 119 Å². The van der Waals surface area contributed by atoms with E-state index in [-0.39, 0.29) is 16.2 Å². The second-order valence-electron chi connectivity index (χ2n) is 4.43. The number of hydrogen-bond donors (Lipinski definition) is 1. The van der Waals surface area contributed by atoms with Crippen molar-refractivity contribution in [3.63, 3.8) is 0 Å². The van der Waals surface area contributed by atoms with Gasteiger partial charge in [-0.2, -0.15) is 0 Å². The Kier molecular flexibility index (Phi) is 4.62. The Morgan fingerprint density at radius 2 is 2.16 bits per heavy atom. The molecule has 2 rings (SSSR count). The number of thioether (sulfide) groups is 2. The van der Waals surface area contributed by atoms with Crippen molar-refractivity contribution in [3.05, 3.63) is 29.3 Å². The van der Waals surface area contributed by atoms with Crippen molar-refractivity contribution < 1.29 is 19.4 Å². The van der Waals surface area contributed by atoms with Gasteiger partial charge in [-0.1, -0.05) is 6.07 Å². The third kappa shape index (κ3) is 3.36. The number of rotatable bonds is 4. The summed E-state index contributed by atoms with van der Waals surface area (Å²) >= 11 is 3.64. The predicted octanol–water partition coefficient (Wildman–Crippen LogP) is 3.41. The first-order valence-corrected chi connectivity index (χ1v) is 7.94. The lowest BCUT2D eigenvalue weighted by molar-refractivity contribution is -0.183. The van der Waals surface area contributed by atoms with Gasteiger partial charge < -0.3 is 5.11 Å². The highest BCUT2D eigenvalue weighted by Gasteiger charge is 2.34. The molecule has 0 atom stereocenters. The van der Waals surface area contributed by atoms with E-state index >= 15 is 0 Å². The minimum atomic E-state index is -0.865. The molecule has 0 saturated carbocycles. The molecule has 0 aliphatic carbocycles. The lowest BCUT2D eigenvalue weighted by atomic mass is 10.00. The Morgan fingerprint density at radius 3 is 2.79 bits per heavy atom. The van der Waals surface area contributed by atoms with Crippen LogP contribution >= 0.6 is 23.5 Å². The van der Waals surface area contributed by atoms with E-state index in [9.17, 15) is 14.4 Å². The molecule has 19 heavy (non-hydrogen) atoms. The van der Waals surface area contributed by atoms with Gasteiger partial charge in [0.05, 0.1) is 10.5 Å². The Morgan fingerprint density at radius 1 is 1.47 bits per heavy atom. The molecule has 3 nitrogen and oxygen atoms in total. The molecule has 1 aliphatic heterocycles. The standard InChI is InChI=1S/C13H15FO3S2/c1-13(18-6-7-19-13)11-8-10(15)4-2-9(11)3-5-12(16)17-14/h2,4,8,15H,3,5-7H2,1H3. The fourth-order valence-electron chi connectivity index (χ4n) is 2.15. The molecular weight excluding hydrogens is 287 g/mol. The van der Waals surface area contributed by atoms with Crippen LogP contribution in [0, 0.1) is 0 Å². The van der Waals surface area contributed by atoms with Crippen LogP contribution in [0.25, 0.3) is 0 Å². The number of benzene rings is 1. The summed E-state index contributed by atoms with van der Waals surface area (Å²) in [5, 5.41) is 9.67. The van der Waals surface area contributed by atoms with Crippen molar-refractivity contribution in [2.75, 3.05) is 11.5 Å². The van der Waals surface area contributed by atoms with E-state index < -0.39 is 5.97 Å². The molecule has 1 N–H and O–H groups in total. The number of aromatic hydroxyl groups is 1. The van der Waals surface area contributed by atoms with Gasteiger partial charge in [-0.15, -0.1) is 23.5 Å². The summed E-state index contributed by atoms with van der Waals surface area (Å²) in [6.45, 7) is 2.11. The van der Waals surface area contributed by atoms with Crippen LogP contribution < -0.4 is 0 Å². The highest BCUT2D eigenvalue weighted by molar-refractivity contribution is 8.20. The summed E-state index contributed by atoms with van der Waals surface area (Å²) in [4.78, 5) is 14.1. The summed E-state index contributed by atoms with van der Waals surface area (Å²) < 4.78 is 11.6. The molecule has 104 valence electrons. The number of phenolic OH excluding ortho intramolecular Hbond substituents is 1. The van der Waals surface area contributed by atoms with Gasteiger partial charge in [-0.3, -0.25) is 4.94 Å². The molecule has 0 aromatic heterocycles. The molecule has 1 aromatic rings. The highest BCUT2D eigenvalue weighted by Crippen LogP contribution is 2.52. The molecule has 1 saturated heterocycles. The molecule has 0 bridgehead atoms. The fourth-order valence-corrected chi connectivity index (χ4v) is 5.12. The number of carbonyl (C=O) groups is 1. The molecular formula is C13H15FO3S2. The van der Waals surface area contributed by atoms with Crippen LogP contribution in [0.5, 0.6) is 5.75 Å².